The van der Waals surface area contributed by atoms with Crippen molar-refractivity contribution < 1.29 is 26.9 Å². The molecule has 1 heterocycles. The Kier molecular flexibility index (Phi) is 5.39. The third kappa shape index (κ3) is 4.57. The molecule has 1 saturated heterocycles. The molecule has 1 aliphatic heterocycles. The first kappa shape index (κ1) is 18.9. The Bertz CT molecular complexity index is 584. The number of benzene rings is 1. The zero-order valence-electron chi connectivity index (χ0n) is 13.9. The number of hydrogen-bond donors (Lipinski definition) is 0. The molecule has 8 heteroatoms. The molecule has 0 spiro atoms. The van der Waals surface area contributed by atoms with Crippen LogP contribution in [0.4, 0.5) is 18.0 Å². The molecule has 24 heavy (non-hydrogen) atoms. The van der Waals surface area contributed by atoms with Gasteiger partial charge >= 0.3 is 12.3 Å². The van der Waals surface area contributed by atoms with E-state index in [0.717, 1.165) is 24.4 Å². The molecule has 0 saturated carbocycles. The van der Waals surface area contributed by atoms with Crippen molar-refractivity contribution in [2.24, 2.45) is 0 Å². The van der Waals surface area contributed by atoms with Crippen molar-refractivity contribution >= 4 is 18.3 Å². The fraction of sp³-hybridized carbons (Fsp3) is 0.562. The van der Waals surface area contributed by atoms with Gasteiger partial charge in [0.05, 0.1) is 18.2 Å². The van der Waals surface area contributed by atoms with Crippen molar-refractivity contribution in [1.29, 1.82) is 0 Å². The Labute approximate surface area is 143 Å². The van der Waals surface area contributed by atoms with Gasteiger partial charge < -0.3 is 4.74 Å². The second-order valence-corrected chi connectivity index (χ2v) is 7.42. The molecule has 0 radical (unpaired) electrons. The Morgan fingerprint density at radius 3 is 2.38 bits per heavy atom. The van der Waals surface area contributed by atoms with E-state index >= 15 is 0 Å². The fourth-order valence-electron chi connectivity index (χ4n) is 2.30. The molecule has 1 amide bonds. The van der Waals surface area contributed by atoms with Crippen LogP contribution in [-0.2, 0) is 15.1 Å². The topological polar surface area (TPSA) is 38.8 Å². The Hall–Kier alpha value is -1.41. The highest BCUT2D eigenvalue weighted by molar-refractivity contribution is 7.93. The van der Waals surface area contributed by atoms with E-state index < -0.39 is 23.4 Å². The van der Waals surface area contributed by atoms with Crippen LogP contribution >= 0.6 is 12.2 Å². The molecule has 2 rings (SSSR count). The lowest BCUT2D eigenvalue weighted by Crippen LogP contribution is -2.39. The molecule has 0 N–H and O–H groups in total. The third-order valence-corrected chi connectivity index (χ3v) is 4.41. The summed E-state index contributed by atoms with van der Waals surface area (Å²) in [6, 6.07) is 4.65. The first-order valence-electron chi connectivity index (χ1n) is 7.48. The minimum atomic E-state index is -4.36. The summed E-state index contributed by atoms with van der Waals surface area (Å²) in [5, 5.41) is 0. The van der Waals surface area contributed by atoms with Gasteiger partial charge in [-0.2, -0.15) is 13.2 Å². The summed E-state index contributed by atoms with van der Waals surface area (Å²) in [7, 11) is 0. The lowest BCUT2D eigenvalue weighted by molar-refractivity contribution is -0.137. The zero-order valence-corrected chi connectivity index (χ0v) is 14.7. The van der Waals surface area contributed by atoms with E-state index in [4.69, 9.17) is 8.92 Å². The van der Waals surface area contributed by atoms with Crippen LogP contribution in [0.25, 0.3) is 0 Å². The van der Waals surface area contributed by atoms with Gasteiger partial charge in [-0.05, 0) is 38.5 Å². The van der Waals surface area contributed by atoms with Gasteiger partial charge in [-0.25, -0.2) is 9.10 Å². The number of rotatable bonds is 2. The Balaban J connectivity index is 2.13. The molecule has 0 unspecified atom stereocenters. The van der Waals surface area contributed by atoms with E-state index in [2.05, 4.69) is 0 Å². The highest BCUT2D eigenvalue weighted by Crippen LogP contribution is 2.36. The number of ether oxygens (including phenoxy) is 1. The van der Waals surface area contributed by atoms with E-state index in [9.17, 15) is 18.0 Å². The van der Waals surface area contributed by atoms with E-state index in [1.165, 1.54) is 16.4 Å². The molecular weight excluding hydrogens is 343 g/mol. The van der Waals surface area contributed by atoms with Crippen LogP contribution in [-0.4, -0.2) is 28.6 Å². The van der Waals surface area contributed by atoms with Crippen LogP contribution in [0.2, 0.25) is 0 Å². The SMILES string of the molecule is C[C@@H](c1ccc(C(F)(F)F)cc1)[C@H]1COSN1C(=O)OC(C)(C)C. The largest absolute Gasteiger partial charge is 0.443 e. The molecule has 0 aliphatic carbocycles. The summed E-state index contributed by atoms with van der Waals surface area (Å²) in [6.07, 6.45) is -4.88. The van der Waals surface area contributed by atoms with Crippen molar-refractivity contribution in [3.8, 4) is 0 Å². The molecule has 0 bridgehead atoms. The molecule has 1 fully saturated rings. The van der Waals surface area contributed by atoms with Crippen LogP contribution in [0.5, 0.6) is 0 Å². The smallest absolute Gasteiger partial charge is 0.422 e. The van der Waals surface area contributed by atoms with Crippen LogP contribution in [0.3, 0.4) is 0 Å². The lowest BCUT2D eigenvalue weighted by atomic mass is 9.93. The van der Waals surface area contributed by atoms with Gasteiger partial charge in [-0.1, -0.05) is 19.1 Å². The number of carbonyl (C=O) groups is 1. The average Bonchev–Trinajstić information content (AvgIpc) is 2.93. The van der Waals surface area contributed by atoms with Gasteiger partial charge in [0, 0.05) is 5.92 Å². The number of hydrogen-bond acceptors (Lipinski definition) is 4. The van der Waals surface area contributed by atoms with Gasteiger partial charge in [0.15, 0.2) is 0 Å². The van der Waals surface area contributed by atoms with Gasteiger partial charge in [-0.3, -0.25) is 4.18 Å². The van der Waals surface area contributed by atoms with E-state index in [1.54, 1.807) is 20.8 Å². The van der Waals surface area contributed by atoms with Crippen molar-refractivity contribution in [2.45, 2.75) is 51.4 Å². The number of alkyl halides is 3. The Morgan fingerprint density at radius 1 is 1.29 bits per heavy atom. The monoisotopic (exact) mass is 363 g/mol. The van der Waals surface area contributed by atoms with Crippen molar-refractivity contribution in [1.82, 2.24) is 4.31 Å². The van der Waals surface area contributed by atoms with E-state index in [1.807, 2.05) is 6.92 Å². The maximum Gasteiger partial charge on any atom is 0.422 e. The number of amides is 1. The van der Waals surface area contributed by atoms with Crippen LogP contribution < -0.4 is 0 Å². The normalized spacial score (nSPS) is 20.1. The molecule has 1 aromatic rings. The minimum Gasteiger partial charge on any atom is -0.443 e. The maximum absolute atomic E-state index is 12.7. The zero-order chi connectivity index (χ0) is 18.1. The van der Waals surface area contributed by atoms with E-state index in [-0.39, 0.29) is 18.6 Å². The van der Waals surface area contributed by atoms with Crippen LogP contribution in [0.15, 0.2) is 24.3 Å². The first-order valence-corrected chi connectivity index (χ1v) is 8.18. The average molecular weight is 363 g/mol. The Morgan fingerprint density at radius 2 is 1.88 bits per heavy atom. The van der Waals surface area contributed by atoms with Gasteiger partial charge in [-0.15, -0.1) is 0 Å². The van der Waals surface area contributed by atoms with Crippen molar-refractivity contribution in [2.75, 3.05) is 6.61 Å². The summed E-state index contributed by atoms with van der Waals surface area (Å²) in [5.74, 6) is -0.199. The summed E-state index contributed by atoms with van der Waals surface area (Å²) >= 11 is 0.908. The minimum absolute atomic E-state index is 0.199. The standard InChI is InChI=1S/C16H20F3NO3S/c1-10(11-5-7-12(8-6-11)16(17,18)19)13-9-22-24-20(13)14(21)23-15(2,3)4/h5-8,10,13H,9H2,1-4H3/t10-,13+/m0/s1. The molecular formula is C16H20F3NO3S. The lowest BCUT2D eigenvalue weighted by Gasteiger charge is -2.29. The number of carbonyl (C=O) groups excluding carboxylic acids is 1. The highest BCUT2D eigenvalue weighted by atomic mass is 32.2. The third-order valence-electron chi connectivity index (χ3n) is 3.59. The molecule has 0 aromatic heterocycles. The van der Waals surface area contributed by atoms with Gasteiger partial charge in [0.1, 0.15) is 17.8 Å². The molecule has 1 aliphatic rings. The molecule has 134 valence electrons. The quantitative estimate of drug-likeness (QED) is 0.547. The van der Waals surface area contributed by atoms with Crippen LogP contribution in [0.1, 0.15) is 44.7 Å². The molecule has 4 nitrogen and oxygen atoms in total. The summed E-state index contributed by atoms with van der Waals surface area (Å²) in [6.45, 7) is 7.42. The van der Waals surface area contributed by atoms with Crippen molar-refractivity contribution in [3.05, 3.63) is 35.4 Å². The van der Waals surface area contributed by atoms with Crippen LogP contribution in [0, 0.1) is 0 Å². The second kappa shape index (κ2) is 6.84. The first-order chi connectivity index (χ1) is 11.0. The number of nitrogens with zero attached hydrogens (tertiary/aromatic N) is 1. The van der Waals surface area contributed by atoms with Gasteiger partial charge in [0.25, 0.3) is 0 Å². The summed E-state index contributed by atoms with van der Waals surface area (Å²) < 4.78 is 50.0. The van der Waals surface area contributed by atoms with E-state index in [0.29, 0.717) is 5.56 Å². The maximum atomic E-state index is 12.7. The van der Waals surface area contributed by atoms with Crippen molar-refractivity contribution in [3.63, 3.8) is 0 Å². The van der Waals surface area contributed by atoms with Gasteiger partial charge in [0.2, 0.25) is 0 Å². The highest BCUT2D eigenvalue weighted by Gasteiger charge is 2.39. The molecule has 1 aromatic carbocycles. The summed E-state index contributed by atoms with van der Waals surface area (Å²) in [4.78, 5) is 12.2. The summed E-state index contributed by atoms with van der Waals surface area (Å²) in [5.41, 5.74) is -0.630. The predicted octanol–water partition coefficient (Wildman–Crippen LogP) is 5.01. The second-order valence-electron chi connectivity index (χ2n) is 6.64. The number of halogens is 3. The fourth-order valence-corrected chi connectivity index (χ4v) is 3.06. The molecule has 2 atom stereocenters. The predicted molar refractivity (Wildman–Crippen MR) is 85.3 cm³/mol.